The number of rotatable bonds is 6. The molecule has 0 aliphatic carbocycles. The van der Waals surface area contributed by atoms with E-state index < -0.39 is 0 Å². The SMILES string of the molecule is CCCCNC(=O)N(Cc1ccccc1N)C(C)C. The molecule has 1 aromatic rings. The van der Waals surface area contributed by atoms with Crippen molar-refractivity contribution in [1.82, 2.24) is 10.2 Å². The molecule has 2 amide bonds. The summed E-state index contributed by atoms with van der Waals surface area (Å²) in [6.07, 6.45) is 2.08. The molecule has 4 nitrogen and oxygen atoms in total. The Morgan fingerprint density at radius 1 is 1.37 bits per heavy atom. The molecule has 0 saturated heterocycles. The average molecular weight is 263 g/mol. The Kier molecular flexibility index (Phi) is 6.19. The van der Waals surface area contributed by atoms with Gasteiger partial charge in [0.25, 0.3) is 0 Å². The number of unbranched alkanes of at least 4 members (excludes halogenated alkanes) is 1. The van der Waals surface area contributed by atoms with Crippen molar-refractivity contribution in [3.63, 3.8) is 0 Å². The van der Waals surface area contributed by atoms with Crippen molar-refractivity contribution < 1.29 is 4.79 Å². The lowest BCUT2D eigenvalue weighted by molar-refractivity contribution is 0.180. The summed E-state index contributed by atoms with van der Waals surface area (Å²) in [6, 6.07) is 7.79. The van der Waals surface area contributed by atoms with Crippen molar-refractivity contribution in [3.05, 3.63) is 29.8 Å². The Bertz CT molecular complexity index is 404. The van der Waals surface area contributed by atoms with Crippen LogP contribution in [-0.2, 0) is 6.54 Å². The van der Waals surface area contributed by atoms with Gasteiger partial charge >= 0.3 is 6.03 Å². The van der Waals surface area contributed by atoms with E-state index in [9.17, 15) is 4.79 Å². The van der Waals surface area contributed by atoms with Crippen LogP contribution in [0, 0.1) is 0 Å². The van der Waals surface area contributed by atoms with Gasteiger partial charge in [-0.3, -0.25) is 0 Å². The fourth-order valence-electron chi connectivity index (χ4n) is 1.82. The molecule has 0 radical (unpaired) electrons. The molecule has 4 heteroatoms. The average Bonchev–Trinajstić information content (AvgIpc) is 2.37. The number of para-hydroxylation sites is 1. The van der Waals surface area contributed by atoms with Gasteiger partial charge in [0.05, 0.1) is 0 Å². The zero-order valence-corrected chi connectivity index (χ0v) is 12.1. The third-order valence-electron chi connectivity index (χ3n) is 3.09. The van der Waals surface area contributed by atoms with Gasteiger partial charge < -0.3 is 16.0 Å². The lowest BCUT2D eigenvalue weighted by Gasteiger charge is -2.27. The van der Waals surface area contributed by atoms with Crippen LogP contribution in [0.4, 0.5) is 10.5 Å². The number of nitrogens with two attached hydrogens (primary N) is 1. The molecular formula is C15H25N3O. The van der Waals surface area contributed by atoms with Crippen LogP contribution in [0.1, 0.15) is 39.2 Å². The maximum atomic E-state index is 12.1. The number of nitrogens with one attached hydrogen (secondary N) is 1. The molecule has 0 atom stereocenters. The van der Waals surface area contributed by atoms with Crippen LogP contribution in [0.5, 0.6) is 0 Å². The molecule has 0 unspecified atom stereocenters. The second kappa shape index (κ2) is 7.67. The molecule has 0 saturated carbocycles. The Labute approximate surface area is 116 Å². The fraction of sp³-hybridized carbons (Fsp3) is 0.533. The summed E-state index contributed by atoms with van der Waals surface area (Å²) in [4.78, 5) is 14.0. The molecule has 3 N–H and O–H groups in total. The number of amides is 2. The topological polar surface area (TPSA) is 58.4 Å². The number of hydrogen-bond acceptors (Lipinski definition) is 2. The normalized spacial score (nSPS) is 10.5. The second-order valence-electron chi connectivity index (χ2n) is 5.01. The largest absolute Gasteiger partial charge is 0.398 e. The number of carbonyl (C=O) groups excluding carboxylic acids is 1. The minimum atomic E-state index is -0.0216. The van der Waals surface area contributed by atoms with Gasteiger partial charge in [0, 0.05) is 24.8 Å². The van der Waals surface area contributed by atoms with E-state index in [2.05, 4.69) is 12.2 Å². The van der Waals surface area contributed by atoms with Crippen LogP contribution >= 0.6 is 0 Å². The molecule has 0 heterocycles. The minimum Gasteiger partial charge on any atom is -0.398 e. The monoisotopic (exact) mass is 263 g/mol. The summed E-state index contributed by atoms with van der Waals surface area (Å²) >= 11 is 0. The minimum absolute atomic E-state index is 0.0216. The highest BCUT2D eigenvalue weighted by Gasteiger charge is 2.17. The van der Waals surface area contributed by atoms with E-state index in [-0.39, 0.29) is 12.1 Å². The molecule has 1 rings (SSSR count). The number of nitrogen functional groups attached to an aromatic ring is 1. The van der Waals surface area contributed by atoms with Crippen LogP contribution in [0.2, 0.25) is 0 Å². The first kappa shape index (κ1) is 15.3. The maximum absolute atomic E-state index is 12.1. The van der Waals surface area contributed by atoms with Crippen LogP contribution in [-0.4, -0.2) is 23.5 Å². The predicted octanol–water partition coefficient (Wildman–Crippen LogP) is 2.99. The van der Waals surface area contributed by atoms with Crippen molar-refractivity contribution in [2.75, 3.05) is 12.3 Å². The van der Waals surface area contributed by atoms with Crippen LogP contribution in [0.25, 0.3) is 0 Å². The first-order chi connectivity index (χ1) is 9.06. The molecule has 0 bridgehead atoms. The molecule has 19 heavy (non-hydrogen) atoms. The summed E-state index contributed by atoms with van der Waals surface area (Å²) in [7, 11) is 0. The first-order valence-electron chi connectivity index (χ1n) is 6.94. The van der Waals surface area contributed by atoms with E-state index in [1.165, 1.54) is 0 Å². The molecule has 0 aliphatic heterocycles. The van der Waals surface area contributed by atoms with Crippen LogP contribution in [0.15, 0.2) is 24.3 Å². The third-order valence-corrected chi connectivity index (χ3v) is 3.09. The Morgan fingerprint density at radius 2 is 2.05 bits per heavy atom. The van der Waals surface area contributed by atoms with Crippen molar-refractivity contribution in [2.24, 2.45) is 0 Å². The van der Waals surface area contributed by atoms with Gasteiger partial charge in [-0.05, 0) is 31.9 Å². The van der Waals surface area contributed by atoms with Crippen LogP contribution in [0.3, 0.4) is 0 Å². The predicted molar refractivity (Wildman–Crippen MR) is 79.8 cm³/mol. The summed E-state index contributed by atoms with van der Waals surface area (Å²) in [5.41, 5.74) is 7.65. The number of carbonyl (C=O) groups is 1. The number of urea groups is 1. The molecule has 1 aromatic carbocycles. The van der Waals surface area contributed by atoms with E-state index in [4.69, 9.17) is 5.73 Å². The second-order valence-corrected chi connectivity index (χ2v) is 5.01. The highest BCUT2D eigenvalue weighted by molar-refractivity contribution is 5.74. The van der Waals surface area contributed by atoms with Crippen molar-refractivity contribution in [3.8, 4) is 0 Å². The summed E-state index contributed by atoms with van der Waals surface area (Å²) in [6.45, 7) is 7.40. The number of benzene rings is 1. The maximum Gasteiger partial charge on any atom is 0.317 e. The van der Waals surface area contributed by atoms with Gasteiger partial charge in [-0.25, -0.2) is 4.79 Å². The highest BCUT2D eigenvalue weighted by Crippen LogP contribution is 2.15. The zero-order chi connectivity index (χ0) is 14.3. The van der Waals surface area contributed by atoms with E-state index in [0.717, 1.165) is 30.6 Å². The molecular weight excluding hydrogens is 238 g/mol. The lowest BCUT2D eigenvalue weighted by atomic mass is 10.1. The van der Waals surface area contributed by atoms with Gasteiger partial charge in [-0.15, -0.1) is 0 Å². The van der Waals surface area contributed by atoms with Gasteiger partial charge in [-0.2, -0.15) is 0 Å². The zero-order valence-electron chi connectivity index (χ0n) is 12.1. The quantitative estimate of drug-likeness (QED) is 0.612. The third kappa shape index (κ3) is 4.81. The molecule has 0 fully saturated rings. The summed E-state index contributed by atoms with van der Waals surface area (Å²) < 4.78 is 0. The lowest BCUT2D eigenvalue weighted by Crippen LogP contribution is -2.43. The van der Waals surface area contributed by atoms with Crippen molar-refractivity contribution >= 4 is 11.7 Å². The molecule has 0 aromatic heterocycles. The van der Waals surface area contributed by atoms with E-state index in [1.54, 1.807) is 4.90 Å². The van der Waals surface area contributed by atoms with E-state index in [1.807, 2.05) is 38.1 Å². The standard InChI is InChI=1S/C15H25N3O/c1-4-5-10-17-15(19)18(12(2)3)11-13-8-6-7-9-14(13)16/h6-9,12H,4-5,10-11,16H2,1-3H3,(H,17,19). The van der Waals surface area contributed by atoms with Gasteiger partial charge in [0.15, 0.2) is 0 Å². The molecule has 0 spiro atoms. The highest BCUT2D eigenvalue weighted by atomic mass is 16.2. The molecule has 106 valence electrons. The van der Waals surface area contributed by atoms with E-state index >= 15 is 0 Å². The van der Waals surface area contributed by atoms with Gasteiger partial charge in [0.1, 0.15) is 0 Å². The fourth-order valence-corrected chi connectivity index (χ4v) is 1.82. The van der Waals surface area contributed by atoms with Crippen molar-refractivity contribution in [2.45, 2.75) is 46.2 Å². The van der Waals surface area contributed by atoms with Gasteiger partial charge in [0.2, 0.25) is 0 Å². The molecule has 0 aliphatic rings. The summed E-state index contributed by atoms with van der Waals surface area (Å²) in [5.74, 6) is 0. The number of nitrogens with zero attached hydrogens (tertiary/aromatic N) is 1. The Balaban J connectivity index is 2.68. The van der Waals surface area contributed by atoms with E-state index in [0.29, 0.717) is 6.54 Å². The number of anilines is 1. The van der Waals surface area contributed by atoms with Gasteiger partial charge in [-0.1, -0.05) is 31.5 Å². The smallest absolute Gasteiger partial charge is 0.317 e. The Morgan fingerprint density at radius 3 is 2.63 bits per heavy atom. The number of hydrogen-bond donors (Lipinski definition) is 2. The Hall–Kier alpha value is -1.71. The van der Waals surface area contributed by atoms with Crippen molar-refractivity contribution in [1.29, 1.82) is 0 Å². The van der Waals surface area contributed by atoms with Crippen LogP contribution < -0.4 is 11.1 Å². The first-order valence-corrected chi connectivity index (χ1v) is 6.94. The summed E-state index contributed by atoms with van der Waals surface area (Å²) in [5, 5.41) is 2.95.